The summed E-state index contributed by atoms with van der Waals surface area (Å²) in [5.41, 5.74) is 0. The van der Waals surface area contributed by atoms with Crippen molar-refractivity contribution >= 4 is 5.97 Å². The molecule has 132 valence electrons. The Morgan fingerprint density at radius 3 is 1.64 bits per heavy atom. The maximum Gasteiger partial charge on any atom is 0.310 e. The first-order chi connectivity index (χ1) is 10.6. The van der Waals surface area contributed by atoms with Crippen LogP contribution in [0.1, 0.15) is 91.9 Å². The normalized spacial score (nSPS) is 11.6. The second kappa shape index (κ2) is 14.0. The van der Waals surface area contributed by atoms with Gasteiger partial charge in [0.05, 0.1) is 19.6 Å². The molecule has 0 bridgehead atoms. The quantitative estimate of drug-likeness (QED) is 0.178. The molecule has 0 heterocycles. The van der Waals surface area contributed by atoms with E-state index in [-0.39, 0.29) is 5.97 Å². The van der Waals surface area contributed by atoms with Crippen LogP contribution >= 0.6 is 0 Å². The predicted octanol–water partition coefficient (Wildman–Crippen LogP) is 5.28. The smallest absolute Gasteiger partial charge is 0.310 e. The summed E-state index contributed by atoms with van der Waals surface area (Å²) >= 11 is 0. The number of carbonyl (C=O) groups excluding carboxylic acids is 1. The number of ether oxygens (including phenoxy) is 1. The largest absolute Gasteiger partial charge is 0.415 e. The fraction of sp³-hybridized carbons (Fsp3) is 0.947. The standard InChI is InChI=1S/C19H40NO2/c1-5-9-10-11-12-13-14-15-16-17-19(21)22-18-20(6-2,7-3)8-4/h5-18H2,1-4H3/q+1. The highest BCUT2D eigenvalue weighted by molar-refractivity contribution is 5.69. The molecule has 0 aromatic rings. The van der Waals surface area contributed by atoms with E-state index in [9.17, 15) is 4.79 Å². The monoisotopic (exact) mass is 314 g/mol. The molecule has 0 amide bonds. The lowest BCUT2D eigenvalue weighted by molar-refractivity contribution is -0.938. The summed E-state index contributed by atoms with van der Waals surface area (Å²) < 4.78 is 6.36. The van der Waals surface area contributed by atoms with Gasteiger partial charge < -0.3 is 4.74 Å². The molecule has 0 saturated heterocycles. The van der Waals surface area contributed by atoms with Crippen LogP contribution in [0.4, 0.5) is 0 Å². The molecule has 0 aliphatic carbocycles. The first kappa shape index (κ1) is 21.4. The number of unbranched alkanes of at least 4 members (excludes halogenated alkanes) is 8. The van der Waals surface area contributed by atoms with Crippen molar-refractivity contribution in [3.05, 3.63) is 0 Å². The number of hydrogen-bond acceptors (Lipinski definition) is 2. The zero-order chi connectivity index (χ0) is 16.7. The van der Waals surface area contributed by atoms with Crippen molar-refractivity contribution < 1.29 is 14.0 Å². The number of quaternary nitrogens is 1. The summed E-state index contributed by atoms with van der Waals surface area (Å²) in [4.78, 5) is 11.8. The molecule has 0 fully saturated rings. The summed E-state index contributed by atoms with van der Waals surface area (Å²) in [6.45, 7) is 12.4. The summed E-state index contributed by atoms with van der Waals surface area (Å²) in [7, 11) is 0. The highest BCUT2D eigenvalue weighted by Crippen LogP contribution is 2.11. The Hall–Kier alpha value is -0.570. The van der Waals surface area contributed by atoms with Crippen molar-refractivity contribution in [1.82, 2.24) is 0 Å². The highest BCUT2D eigenvalue weighted by Gasteiger charge is 2.22. The molecule has 0 unspecified atom stereocenters. The SMILES string of the molecule is CCCCCCCCCCCC(=O)OC[N+](CC)(CC)CC. The van der Waals surface area contributed by atoms with E-state index in [0.717, 1.165) is 37.0 Å². The highest BCUT2D eigenvalue weighted by atomic mass is 16.5. The van der Waals surface area contributed by atoms with Gasteiger partial charge in [0.1, 0.15) is 0 Å². The molecule has 0 saturated carbocycles. The van der Waals surface area contributed by atoms with Gasteiger partial charge in [0.15, 0.2) is 0 Å². The first-order valence-electron chi connectivity index (χ1n) is 9.64. The third kappa shape index (κ3) is 10.2. The zero-order valence-corrected chi connectivity index (χ0v) is 15.7. The van der Waals surface area contributed by atoms with E-state index in [1.807, 2.05) is 0 Å². The number of carbonyl (C=O) groups is 1. The molecule has 3 heteroatoms. The lowest BCUT2D eigenvalue weighted by Crippen LogP contribution is -2.49. The van der Waals surface area contributed by atoms with Crippen molar-refractivity contribution in [3.8, 4) is 0 Å². The third-order valence-corrected chi connectivity index (χ3v) is 5.00. The van der Waals surface area contributed by atoms with E-state index < -0.39 is 0 Å². The molecule has 0 N–H and O–H groups in total. The first-order valence-corrected chi connectivity index (χ1v) is 9.64. The fourth-order valence-electron chi connectivity index (χ4n) is 2.81. The van der Waals surface area contributed by atoms with Crippen LogP contribution < -0.4 is 0 Å². The van der Waals surface area contributed by atoms with Crippen molar-refractivity contribution in [2.45, 2.75) is 91.9 Å². The van der Waals surface area contributed by atoms with Crippen LogP contribution in [0, 0.1) is 0 Å². The van der Waals surface area contributed by atoms with Gasteiger partial charge in [0, 0.05) is 6.42 Å². The van der Waals surface area contributed by atoms with Gasteiger partial charge in [0.25, 0.3) is 0 Å². The van der Waals surface area contributed by atoms with Gasteiger partial charge in [-0.15, -0.1) is 0 Å². The summed E-state index contributed by atoms with van der Waals surface area (Å²) in [6, 6.07) is 0. The van der Waals surface area contributed by atoms with Crippen molar-refractivity contribution in [2.24, 2.45) is 0 Å². The van der Waals surface area contributed by atoms with Crippen molar-refractivity contribution in [1.29, 1.82) is 0 Å². The summed E-state index contributed by atoms with van der Waals surface area (Å²) in [5, 5.41) is 0. The van der Waals surface area contributed by atoms with E-state index in [4.69, 9.17) is 4.74 Å². The average Bonchev–Trinajstić information content (AvgIpc) is 2.55. The number of hydrogen-bond donors (Lipinski definition) is 0. The van der Waals surface area contributed by atoms with E-state index in [2.05, 4.69) is 27.7 Å². The van der Waals surface area contributed by atoms with Crippen molar-refractivity contribution in [2.75, 3.05) is 26.4 Å². The van der Waals surface area contributed by atoms with Crippen LogP contribution in [-0.2, 0) is 9.53 Å². The number of nitrogens with zero attached hydrogens (tertiary/aromatic N) is 1. The second-order valence-electron chi connectivity index (χ2n) is 6.51. The zero-order valence-electron chi connectivity index (χ0n) is 15.7. The minimum Gasteiger partial charge on any atom is -0.415 e. The number of rotatable bonds is 15. The molecule has 0 aromatic heterocycles. The lowest BCUT2D eigenvalue weighted by Gasteiger charge is -2.34. The minimum atomic E-state index is -0.0132. The van der Waals surface area contributed by atoms with E-state index >= 15 is 0 Å². The topological polar surface area (TPSA) is 26.3 Å². The van der Waals surface area contributed by atoms with Gasteiger partial charge in [-0.1, -0.05) is 58.3 Å². The van der Waals surface area contributed by atoms with Gasteiger partial charge in [-0.2, -0.15) is 0 Å². The van der Waals surface area contributed by atoms with Crippen LogP contribution in [0.15, 0.2) is 0 Å². The van der Waals surface area contributed by atoms with E-state index in [1.165, 1.54) is 44.9 Å². The lowest BCUT2D eigenvalue weighted by atomic mass is 10.1. The molecule has 0 atom stereocenters. The van der Waals surface area contributed by atoms with Crippen LogP contribution in [0.5, 0.6) is 0 Å². The molecule has 22 heavy (non-hydrogen) atoms. The molecule has 0 rings (SSSR count). The van der Waals surface area contributed by atoms with Gasteiger partial charge in [-0.25, -0.2) is 0 Å². The van der Waals surface area contributed by atoms with Crippen LogP contribution in [0.25, 0.3) is 0 Å². The second-order valence-corrected chi connectivity index (χ2v) is 6.51. The molecule has 0 aliphatic heterocycles. The van der Waals surface area contributed by atoms with Crippen LogP contribution in [-0.4, -0.2) is 36.8 Å². The maximum absolute atomic E-state index is 11.8. The summed E-state index contributed by atoms with van der Waals surface area (Å²) in [6.07, 6.45) is 12.1. The fourth-order valence-corrected chi connectivity index (χ4v) is 2.81. The molecule has 3 nitrogen and oxygen atoms in total. The minimum absolute atomic E-state index is 0.0132. The van der Waals surface area contributed by atoms with Gasteiger partial charge in [-0.05, 0) is 27.2 Å². The van der Waals surface area contributed by atoms with Gasteiger partial charge in [0.2, 0.25) is 6.73 Å². The van der Waals surface area contributed by atoms with Gasteiger partial charge in [-0.3, -0.25) is 9.28 Å². The Kier molecular flexibility index (Phi) is 13.7. The van der Waals surface area contributed by atoms with Crippen molar-refractivity contribution in [3.63, 3.8) is 0 Å². The third-order valence-electron chi connectivity index (χ3n) is 5.00. The van der Waals surface area contributed by atoms with Gasteiger partial charge >= 0.3 is 5.97 Å². The Morgan fingerprint density at radius 2 is 1.18 bits per heavy atom. The Bertz CT molecular complexity index is 254. The molecule has 0 spiro atoms. The Labute approximate surface area is 139 Å². The Balaban J connectivity index is 3.54. The predicted molar refractivity (Wildman–Crippen MR) is 94.7 cm³/mol. The summed E-state index contributed by atoms with van der Waals surface area (Å²) in [5.74, 6) is -0.0132. The molecule has 0 aromatic carbocycles. The molecule has 0 radical (unpaired) electrons. The number of esters is 1. The van der Waals surface area contributed by atoms with Crippen LogP contribution in [0.3, 0.4) is 0 Å². The van der Waals surface area contributed by atoms with E-state index in [1.54, 1.807) is 0 Å². The molecule has 0 aliphatic rings. The van der Waals surface area contributed by atoms with Crippen LogP contribution in [0.2, 0.25) is 0 Å². The van der Waals surface area contributed by atoms with E-state index in [0.29, 0.717) is 13.2 Å². The maximum atomic E-state index is 11.8. The Morgan fingerprint density at radius 1 is 0.727 bits per heavy atom. The molecular formula is C19H40NO2+. The molecular weight excluding hydrogens is 274 g/mol. The average molecular weight is 315 g/mol.